The van der Waals surface area contributed by atoms with E-state index in [1.807, 2.05) is 12.1 Å². The third kappa shape index (κ3) is 7.31. The molecule has 8 bridgehead atoms. The van der Waals surface area contributed by atoms with Crippen molar-refractivity contribution in [2.45, 2.75) is 152 Å². The average molecular weight is 844 g/mol. The molecule has 0 spiro atoms. The molecule has 4 aromatic rings. The second-order valence-corrected chi connectivity index (χ2v) is 20.2. The van der Waals surface area contributed by atoms with E-state index in [1.165, 1.54) is 135 Å². The Morgan fingerprint density at radius 2 is 0.644 bits per heavy atom. The fourth-order valence-corrected chi connectivity index (χ4v) is 14.6. The number of fused-ring (bicyclic) bond motifs is 24. The second-order valence-electron chi connectivity index (χ2n) is 20.2. The maximum absolute atomic E-state index is 4.26. The summed E-state index contributed by atoms with van der Waals surface area (Å²) in [6, 6.07) is 26.9. The molecule has 13 rings (SSSR count). The van der Waals surface area contributed by atoms with Crippen molar-refractivity contribution in [1.82, 2.24) is 42.5 Å². The van der Waals surface area contributed by atoms with E-state index in [-0.39, 0.29) is 17.1 Å². The minimum atomic E-state index is 0. The van der Waals surface area contributed by atoms with Crippen molar-refractivity contribution in [3.8, 4) is 0 Å². The van der Waals surface area contributed by atoms with Gasteiger partial charge >= 0.3 is 17.1 Å². The minimum Gasteiger partial charge on any atom is -0.286 e. The molecule has 9 fully saturated rings. The summed E-state index contributed by atoms with van der Waals surface area (Å²) < 4.78 is 0. The SMILES string of the molecule is C1CCC2C3NC(NC4NC(NC5NC(NC6NC(N3)C3CCCCC63)C3CCCCC53)C3CCCCC43)C2C1.[Cu+].[c-]1cccc2ccc3cc4ccccc4cc3c12. The van der Waals surface area contributed by atoms with Crippen LogP contribution < -0.4 is 42.5 Å². The van der Waals surface area contributed by atoms with Crippen molar-refractivity contribution in [3.05, 3.63) is 72.8 Å². The Kier molecular flexibility index (Phi) is 11.3. The van der Waals surface area contributed by atoms with Gasteiger partial charge in [0.05, 0.1) is 49.3 Å². The van der Waals surface area contributed by atoms with E-state index < -0.39 is 0 Å². The normalized spacial score (nSPS) is 42.5. The van der Waals surface area contributed by atoms with Crippen LogP contribution in [0.15, 0.2) is 66.7 Å². The number of nitrogens with one attached hydrogen (secondary N) is 8. The van der Waals surface area contributed by atoms with Gasteiger partial charge in [0, 0.05) is 0 Å². The van der Waals surface area contributed by atoms with Crippen LogP contribution in [0.5, 0.6) is 0 Å². The van der Waals surface area contributed by atoms with Crippen LogP contribution in [0.4, 0.5) is 0 Å². The molecular formula is C50H67CuN8. The predicted molar refractivity (Wildman–Crippen MR) is 235 cm³/mol. The first-order valence-corrected chi connectivity index (χ1v) is 24.0. The molecule has 5 saturated heterocycles. The Balaban J connectivity index is 0.000000175. The van der Waals surface area contributed by atoms with Crippen molar-refractivity contribution >= 4 is 32.3 Å². The monoisotopic (exact) mass is 842 g/mol. The smallest absolute Gasteiger partial charge is 0.286 e. The summed E-state index contributed by atoms with van der Waals surface area (Å²) in [6.45, 7) is 0. The van der Waals surface area contributed by atoms with Crippen LogP contribution in [-0.2, 0) is 17.1 Å². The van der Waals surface area contributed by atoms with Crippen molar-refractivity contribution in [1.29, 1.82) is 0 Å². The predicted octanol–water partition coefficient (Wildman–Crippen LogP) is 7.55. The van der Waals surface area contributed by atoms with E-state index in [0.717, 1.165) is 47.3 Å². The van der Waals surface area contributed by atoms with Crippen molar-refractivity contribution < 1.29 is 17.1 Å². The summed E-state index contributed by atoms with van der Waals surface area (Å²) in [6.07, 6.45) is 25.6. The Bertz CT molecular complexity index is 1880. The fourth-order valence-electron chi connectivity index (χ4n) is 14.6. The van der Waals surface area contributed by atoms with E-state index in [0.29, 0.717) is 49.3 Å². The molecule has 5 aliphatic heterocycles. The molecule has 0 amide bonds. The summed E-state index contributed by atoms with van der Waals surface area (Å²) in [7, 11) is 0. The van der Waals surface area contributed by atoms with Gasteiger partial charge in [0.1, 0.15) is 0 Å². The number of hydrogen-bond acceptors (Lipinski definition) is 8. The van der Waals surface area contributed by atoms with Crippen LogP contribution in [0, 0.1) is 53.4 Å². The van der Waals surface area contributed by atoms with Gasteiger partial charge in [-0.15, -0.1) is 35.0 Å². The zero-order valence-electron chi connectivity index (χ0n) is 34.7. The van der Waals surface area contributed by atoms with Crippen molar-refractivity contribution in [2.75, 3.05) is 0 Å². The Labute approximate surface area is 362 Å². The van der Waals surface area contributed by atoms with Gasteiger partial charge in [-0.05, 0) is 109 Å². The zero-order valence-corrected chi connectivity index (χ0v) is 35.6. The molecule has 318 valence electrons. The molecule has 8 atom stereocenters. The first-order valence-electron chi connectivity index (χ1n) is 24.0. The molecule has 4 saturated carbocycles. The number of benzene rings is 4. The zero-order chi connectivity index (χ0) is 38.2. The molecule has 0 radical (unpaired) electrons. The molecule has 9 aliphatic rings. The van der Waals surface area contributed by atoms with Gasteiger partial charge < -0.3 is 0 Å². The largest absolute Gasteiger partial charge is 1.00 e. The van der Waals surface area contributed by atoms with E-state index in [2.05, 4.69) is 103 Å². The number of hydrogen-bond donors (Lipinski definition) is 8. The summed E-state index contributed by atoms with van der Waals surface area (Å²) in [5, 5.41) is 41.4. The first-order chi connectivity index (χ1) is 28.7. The Morgan fingerprint density at radius 1 is 0.339 bits per heavy atom. The van der Waals surface area contributed by atoms with Gasteiger partial charge in [-0.2, -0.15) is 0 Å². The molecule has 8 unspecified atom stereocenters. The van der Waals surface area contributed by atoms with Crippen LogP contribution >= 0.6 is 0 Å². The van der Waals surface area contributed by atoms with E-state index in [9.17, 15) is 0 Å². The summed E-state index contributed by atoms with van der Waals surface area (Å²) in [4.78, 5) is 0. The third-order valence-electron chi connectivity index (χ3n) is 17.3. The van der Waals surface area contributed by atoms with E-state index in [1.54, 1.807) is 0 Å². The molecule has 0 aromatic heterocycles. The standard InChI is InChI=1S/C32H56N8.C18H11.Cu/c1-2-10-18-17(9-1)25-33-26(18)38-28-21-13-5-6-14-22(21)30(35-28)40-32-24-16-8-7-15-23(24)31(36-32)39-29-20-12-4-3-11-19(20)27(34-29)37-25;1-2-7-15-12-18-16(11-14(15)6-1)10-9-13-5-3-4-8-17(13)18;/h17-40H,1-16H2;1-7,9-12H;/q;-1;+1. The van der Waals surface area contributed by atoms with Gasteiger partial charge in [-0.1, -0.05) is 111 Å². The van der Waals surface area contributed by atoms with Gasteiger partial charge in [0.15, 0.2) is 0 Å². The maximum atomic E-state index is 4.26. The molecule has 59 heavy (non-hydrogen) atoms. The molecular weight excluding hydrogens is 776 g/mol. The van der Waals surface area contributed by atoms with Gasteiger partial charge in [0.25, 0.3) is 0 Å². The molecule has 4 aliphatic carbocycles. The Morgan fingerprint density at radius 3 is 1.00 bits per heavy atom. The van der Waals surface area contributed by atoms with Crippen LogP contribution in [0.2, 0.25) is 0 Å². The van der Waals surface area contributed by atoms with E-state index >= 15 is 0 Å². The molecule has 4 aromatic carbocycles. The quantitative estimate of drug-likeness (QED) is 0.0399. The van der Waals surface area contributed by atoms with Gasteiger partial charge in [-0.25, -0.2) is 0 Å². The molecule has 5 heterocycles. The van der Waals surface area contributed by atoms with Gasteiger partial charge in [0.2, 0.25) is 0 Å². The van der Waals surface area contributed by atoms with Crippen LogP contribution in [0.1, 0.15) is 103 Å². The van der Waals surface area contributed by atoms with Crippen LogP contribution in [0.25, 0.3) is 32.3 Å². The van der Waals surface area contributed by atoms with Crippen molar-refractivity contribution in [2.24, 2.45) is 47.3 Å². The van der Waals surface area contributed by atoms with E-state index in [4.69, 9.17) is 0 Å². The maximum Gasteiger partial charge on any atom is 1.00 e. The summed E-state index contributed by atoms with van der Waals surface area (Å²) in [5.41, 5.74) is 0. The molecule has 9 heteroatoms. The molecule has 8 N–H and O–H groups in total. The third-order valence-corrected chi connectivity index (χ3v) is 17.3. The minimum absolute atomic E-state index is 0. The summed E-state index contributed by atoms with van der Waals surface area (Å²) >= 11 is 0. The topological polar surface area (TPSA) is 96.2 Å². The van der Waals surface area contributed by atoms with Crippen molar-refractivity contribution in [3.63, 3.8) is 0 Å². The first kappa shape index (κ1) is 39.7. The summed E-state index contributed by atoms with van der Waals surface area (Å²) in [5.74, 6) is 5.97. The van der Waals surface area contributed by atoms with Crippen LogP contribution in [0.3, 0.4) is 0 Å². The fraction of sp³-hybridized carbons (Fsp3) is 0.640. The van der Waals surface area contributed by atoms with Crippen LogP contribution in [-0.4, -0.2) is 49.3 Å². The van der Waals surface area contributed by atoms with Gasteiger partial charge in [-0.3, -0.25) is 42.5 Å². The molecule has 8 nitrogen and oxygen atoms in total. The second kappa shape index (κ2) is 16.9. The number of rotatable bonds is 0. The Hall–Kier alpha value is -2.14. The average Bonchev–Trinajstić information content (AvgIpc) is 4.02.